The third-order valence-corrected chi connectivity index (χ3v) is 4.54. The minimum Gasteiger partial charge on any atom is -0.349 e. The van der Waals surface area contributed by atoms with Crippen LogP contribution in [0.15, 0.2) is 18.5 Å². The van der Waals surface area contributed by atoms with Gasteiger partial charge in [-0.1, -0.05) is 0 Å². The van der Waals surface area contributed by atoms with E-state index in [0.717, 1.165) is 12.8 Å². The van der Waals surface area contributed by atoms with Gasteiger partial charge in [0.15, 0.2) is 0 Å². The van der Waals surface area contributed by atoms with Crippen molar-refractivity contribution in [3.8, 4) is 0 Å². The molecule has 2 bridgehead atoms. The van der Waals surface area contributed by atoms with Crippen LogP contribution < -0.4 is 10.6 Å². The summed E-state index contributed by atoms with van der Waals surface area (Å²) in [7, 11) is 0. The molecule has 2 fully saturated rings. The highest BCUT2D eigenvalue weighted by Gasteiger charge is 2.34. The summed E-state index contributed by atoms with van der Waals surface area (Å²) in [6.07, 6.45) is 5.73. The molecule has 0 radical (unpaired) electrons. The standard InChI is InChI=1S/C15H17FN4O/c16-8-3-12(14-13(4-8)17-7-18-14)15(21)20-11-5-9-1-2-10(6-11)19-9/h3-4,7,9-11,19H,1-2,5-6H2,(H,17,18)(H,20,21). The Kier molecular flexibility index (Phi) is 2.92. The van der Waals surface area contributed by atoms with Crippen molar-refractivity contribution < 1.29 is 9.18 Å². The predicted molar refractivity (Wildman–Crippen MR) is 76.5 cm³/mol. The Morgan fingerprint density at radius 2 is 2.05 bits per heavy atom. The quantitative estimate of drug-likeness (QED) is 0.788. The lowest BCUT2D eigenvalue weighted by Crippen LogP contribution is -2.48. The second-order valence-electron chi connectivity index (χ2n) is 6.03. The molecule has 6 heteroatoms. The minimum atomic E-state index is -0.428. The molecule has 0 spiro atoms. The highest BCUT2D eigenvalue weighted by molar-refractivity contribution is 6.04. The number of benzene rings is 1. The summed E-state index contributed by atoms with van der Waals surface area (Å²) < 4.78 is 13.6. The van der Waals surface area contributed by atoms with Crippen LogP contribution in [0.3, 0.4) is 0 Å². The first kappa shape index (κ1) is 12.8. The maximum absolute atomic E-state index is 13.6. The second-order valence-corrected chi connectivity index (χ2v) is 6.03. The fourth-order valence-electron chi connectivity index (χ4n) is 3.63. The second kappa shape index (κ2) is 4.80. The van der Waals surface area contributed by atoms with E-state index in [0.29, 0.717) is 28.7 Å². The van der Waals surface area contributed by atoms with Gasteiger partial charge in [-0.2, -0.15) is 0 Å². The molecule has 4 rings (SSSR count). The zero-order chi connectivity index (χ0) is 14.4. The molecule has 3 heterocycles. The van der Waals surface area contributed by atoms with Gasteiger partial charge < -0.3 is 15.6 Å². The third-order valence-electron chi connectivity index (χ3n) is 4.54. The predicted octanol–water partition coefficient (Wildman–Crippen LogP) is 1.71. The molecule has 5 nitrogen and oxygen atoms in total. The van der Waals surface area contributed by atoms with E-state index < -0.39 is 5.82 Å². The van der Waals surface area contributed by atoms with Crippen molar-refractivity contribution in [1.82, 2.24) is 20.6 Å². The average Bonchev–Trinajstić information content (AvgIpc) is 3.04. The van der Waals surface area contributed by atoms with Gasteiger partial charge in [-0.3, -0.25) is 4.79 Å². The fourth-order valence-corrected chi connectivity index (χ4v) is 3.63. The van der Waals surface area contributed by atoms with Crippen molar-refractivity contribution in [2.24, 2.45) is 0 Å². The monoisotopic (exact) mass is 288 g/mol. The van der Waals surface area contributed by atoms with Gasteiger partial charge in [0.2, 0.25) is 0 Å². The number of rotatable bonds is 2. The Bertz CT molecular complexity index is 686. The van der Waals surface area contributed by atoms with Gasteiger partial charge in [-0.25, -0.2) is 9.37 Å². The summed E-state index contributed by atoms with van der Waals surface area (Å²) >= 11 is 0. The van der Waals surface area contributed by atoms with Gasteiger partial charge in [-0.15, -0.1) is 0 Å². The molecule has 3 N–H and O–H groups in total. The molecule has 110 valence electrons. The summed E-state index contributed by atoms with van der Waals surface area (Å²) in [4.78, 5) is 19.4. The Morgan fingerprint density at radius 1 is 1.29 bits per heavy atom. The van der Waals surface area contributed by atoms with Crippen LogP contribution in [0.2, 0.25) is 0 Å². The summed E-state index contributed by atoms with van der Waals surface area (Å²) in [6, 6.07) is 3.78. The summed E-state index contributed by atoms with van der Waals surface area (Å²) in [5.41, 5.74) is 1.37. The molecular weight excluding hydrogens is 271 g/mol. The van der Waals surface area contributed by atoms with Gasteiger partial charge in [0.25, 0.3) is 5.91 Å². The molecule has 21 heavy (non-hydrogen) atoms. The number of aromatic nitrogens is 2. The van der Waals surface area contributed by atoms with Crippen molar-refractivity contribution in [2.75, 3.05) is 0 Å². The van der Waals surface area contributed by atoms with Crippen LogP contribution in [0, 0.1) is 5.82 Å². The van der Waals surface area contributed by atoms with E-state index in [2.05, 4.69) is 20.6 Å². The zero-order valence-corrected chi connectivity index (χ0v) is 11.5. The highest BCUT2D eigenvalue weighted by Crippen LogP contribution is 2.27. The highest BCUT2D eigenvalue weighted by atomic mass is 19.1. The number of carbonyl (C=O) groups excluding carboxylic acids is 1. The van der Waals surface area contributed by atoms with Crippen LogP contribution in [0.4, 0.5) is 4.39 Å². The first-order chi connectivity index (χ1) is 10.2. The third kappa shape index (κ3) is 2.29. The Morgan fingerprint density at radius 3 is 2.81 bits per heavy atom. The van der Waals surface area contributed by atoms with Crippen molar-refractivity contribution >= 4 is 16.9 Å². The van der Waals surface area contributed by atoms with Crippen LogP contribution in [-0.2, 0) is 0 Å². The minimum absolute atomic E-state index is 0.161. The van der Waals surface area contributed by atoms with Gasteiger partial charge in [0, 0.05) is 18.1 Å². The number of nitrogens with one attached hydrogen (secondary N) is 3. The van der Waals surface area contributed by atoms with E-state index in [1.54, 1.807) is 0 Å². The van der Waals surface area contributed by atoms with Crippen molar-refractivity contribution in [1.29, 1.82) is 0 Å². The van der Waals surface area contributed by atoms with Gasteiger partial charge >= 0.3 is 0 Å². The smallest absolute Gasteiger partial charge is 0.253 e. The van der Waals surface area contributed by atoms with Gasteiger partial charge in [0.05, 0.1) is 17.4 Å². The Labute approximate surface area is 121 Å². The number of piperidine rings is 1. The molecule has 0 aliphatic carbocycles. The first-order valence-electron chi connectivity index (χ1n) is 7.38. The maximum atomic E-state index is 13.6. The van der Waals surface area contributed by atoms with E-state index in [-0.39, 0.29) is 11.9 Å². The number of H-pyrrole nitrogens is 1. The molecular formula is C15H17FN4O. The number of hydrogen-bond acceptors (Lipinski definition) is 3. The zero-order valence-electron chi connectivity index (χ0n) is 11.5. The number of fused-ring (bicyclic) bond motifs is 3. The average molecular weight is 288 g/mol. The number of aromatic amines is 1. The SMILES string of the molecule is O=C(NC1CC2CCC(C1)N2)c1cc(F)cc2[nH]cnc12. The number of amides is 1. The van der Waals surface area contributed by atoms with Crippen molar-refractivity contribution in [3.05, 3.63) is 29.8 Å². The van der Waals surface area contributed by atoms with E-state index in [1.165, 1.54) is 31.3 Å². The normalized spacial score (nSPS) is 28.0. The number of imidazole rings is 1. The summed E-state index contributed by atoms with van der Waals surface area (Å²) in [5.74, 6) is -0.666. The maximum Gasteiger partial charge on any atom is 0.253 e. The molecule has 1 aromatic carbocycles. The molecule has 1 amide bonds. The largest absolute Gasteiger partial charge is 0.349 e. The van der Waals surface area contributed by atoms with Crippen LogP contribution in [0.5, 0.6) is 0 Å². The van der Waals surface area contributed by atoms with E-state index in [9.17, 15) is 9.18 Å². The number of nitrogens with zero attached hydrogens (tertiary/aromatic N) is 1. The van der Waals surface area contributed by atoms with E-state index in [1.807, 2.05) is 0 Å². The number of carbonyl (C=O) groups is 1. The molecule has 2 aliphatic rings. The lowest BCUT2D eigenvalue weighted by molar-refractivity contribution is 0.0925. The van der Waals surface area contributed by atoms with Crippen LogP contribution in [0.1, 0.15) is 36.0 Å². The molecule has 1 aromatic heterocycles. The van der Waals surface area contributed by atoms with E-state index in [4.69, 9.17) is 0 Å². The van der Waals surface area contributed by atoms with Crippen molar-refractivity contribution in [3.63, 3.8) is 0 Å². The Hall–Kier alpha value is -1.95. The van der Waals surface area contributed by atoms with Crippen LogP contribution in [-0.4, -0.2) is 34.0 Å². The molecule has 2 atom stereocenters. The topological polar surface area (TPSA) is 69.8 Å². The van der Waals surface area contributed by atoms with Gasteiger partial charge in [0.1, 0.15) is 11.3 Å². The molecule has 0 saturated carbocycles. The van der Waals surface area contributed by atoms with Crippen molar-refractivity contribution in [2.45, 2.75) is 43.8 Å². The molecule has 2 aromatic rings. The Balaban J connectivity index is 1.57. The lowest BCUT2D eigenvalue weighted by Gasteiger charge is -2.29. The van der Waals surface area contributed by atoms with Gasteiger partial charge in [-0.05, 0) is 37.8 Å². The lowest BCUT2D eigenvalue weighted by atomic mass is 9.99. The molecule has 2 saturated heterocycles. The fraction of sp³-hybridized carbons (Fsp3) is 0.467. The number of hydrogen-bond donors (Lipinski definition) is 3. The summed E-state index contributed by atoms with van der Waals surface area (Å²) in [5, 5.41) is 6.58. The van der Waals surface area contributed by atoms with Crippen LogP contribution >= 0.6 is 0 Å². The molecule has 2 unspecified atom stereocenters. The molecule has 2 aliphatic heterocycles. The van der Waals surface area contributed by atoms with E-state index >= 15 is 0 Å². The first-order valence-corrected chi connectivity index (χ1v) is 7.38. The number of halogens is 1. The van der Waals surface area contributed by atoms with Crippen LogP contribution in [0.25, 0.3) is 11.0 Å². The summed E-state index contributed by atoms with van der Waals surface area (Å²) in [6.45, 7) is 0.